The predicted octanol–water partition coefficient (Wildman–Crippen LogP) is 1.86. The van der Waals surface area contributed by atoms with Gasteiger partial charge in [0.15, 0.2) is 0 Å². The molecule has 2 heterocycles. The van der Waals surface area contributed by atoms with Crippen LogP contribution in [0.15, 0.2) is 0 Å². The molecule has 2 fully saturated rings. The molecule has 3 unspecified atom stereocenters. The van der Waals surface area contributed by atoms with E-state index in [9.17, 15) is 0 Å². The number of nitriles is 1. The SMILES string of the molecule is CCC1C2CNCC2CN1CCC(C)(C)C#N. The summed E-state index contributed by atoms with van der Waals surface area (Å²) in [6.45, 7) is 11.1. The first-order chi connectivity index (χ1) is 8.07. The average Bonchev–Trinajstić information content (AvgIpc) is 2.85. The van der Waals surface area contributed by atoms with Gasteiger partial charge in [0, 0.05) is 12.6 Å². The van der Waals surface area contributed by atoms with Crippen LogP contribution in [0.4, 0.5) is 0 Å². The van der Waals surface area contributed by atoms with Gasteiger partial charge >= 0.3 is 0 Å². The number of nitrogens with zero attached hydrogens (tertiary/aromatic N) is 2. The first kappa shape index (κ1) is 12.9. The van der Waals surface area contributed by atoms with Crippen LogP contribution < -0.4 is 5.32 Å². The van der Waals surface area contributed by atoms with Crippen molar-refractivity contribution < 1.29 is 0 Å². The lowest BCUT2D eigenvalue weighted by atomic mass is 9.90. The molecule has 0 spiro atoms. The van der Waals surface area contributed by atoms with Gasteiger partial charge in [-0.1, -0.05) is 6.92 Å². The Bertz CT molecular complexity index is 305. The molecule has 0 aromatic heterocycles. The normalized spacial score (nSPS) is 33.6. The lowest BCUT2D eigenvalue weighted by molar-refractivity contribution is 0.197. The fourth-order valence-corrected chi connectivity index (χ4v) is 3.41. The summed E-state index contributed by atoms with van der Waals surface area (Å²) in [5.41, 5.74) is -0.172. The van der Waals surface area contributed by atoms with Crippen molar-refractivity contribution >= 4 is 0 Å². The quantitative estimate of drug-likeness (QED) is 0.808. The number of hydrogen-bond donors (Lipinski definition) is 1. The second-order valence-corrected chi connectivity index (χ2v) is 6.30. The van der Waals surface area contributed by atoms with Gasteiger partial charge in [0.25, 0.3) is 0 Å². The summed E-state index contributed by atoms with van der Waals surface area (Å²) >= 11 is 0. The molecule has 0 saturated carbocycles. The van der Waals surface area contributed by atoms with Crippen LogP contribution in [0.3, 0.4) is 0 Å². The molecule has 0 radical (unpaired) electrons. The molecule has 0 aromatic rings. The molecule has 0 bridgehead atoms. The number of rotatable bonds is 4. The molecule has 3 atom stereocenters. The fraction of sp³-hybridized carbons (Fsp3) is 0.929. The smallest absolute Gasteiger partial charge is 0.0684 e. The Labute approximate surface area is 105 Å². The van der Waals surface area contributed by atoms with Gasteiger partial charge in [-0.3, -0.25) is 4.90 Å². The summed E-state index contributed by atoms with van der Waals surface area (Å²) in [4.78, 5) is 2.63. The summed E-state index contributed by atoms with van der Waals surface area (Å²) in [5.74, 6) is 1.70. The zero-order chi connectivity index (χ0) is 12.5. The molecule has 2 aliphatic rings. The van der Waals surface area contributed by atoms with Crippen molar-refractivity contribution in [3.8, 4) is 6.07 Å². The zero-order valence-corrected chi connectivity index (χ0v) is 11.4. The Morgan fingerprint density at radius 3 is 2.82 bits per heavy atom. The van der Waals surface area contributed by atoms with Crippen molar-refractivity contribution in [3.63, 3.8) is 0 Å². The van der Waals surface area contributed by atoms with Crippen molar-refractivity contribution in [2.75, 3.05) is 26.2 Å². The summed E-state index contributed by atoms with van der Waals surface area (Å²) in [7, 11) is 0. The van der Waals surface area contributed by atoms with Gasteiger partial charge in [-0.2, -0.15) is 5.26 Å². The van der Waals surface area contributed by atoms with Crippen molar-refractivity contribution in [2.24, 2.45) is 17.3 Å². The van der Waals surface area contributed by atoms with E-state index in [1.807, 2.05) is 13.8 Å². The molecule has 3 heteroatoms. The Hall–Kier alpha value is -0.590. The molecule has 3 nitrogen and oxygen atoms in total. The fourth-order valence-electron chi connectivity index (χ4n) is 3.41. The van der Waals surface area contributed by atoms with Crippen LogP contribution in [0.25, 0.3) is 0 Å². The van der Waals surface area contributed by atoms with E-state index in [0.717, 1.165) is 30.8 Å². The molecule has 96 valence electrons. The van der Waals surface area contributed by atoms with Crippen molar-refractivity contribution in [3.05, 3.63) is 0 Å². The largest absolute Gasteiger partial charge is 0.316 e. The topological polar surface area (TPSA) is 39.1 Å². The van der Waals surface area contributed by atoms with Crippen LogP contribution in [0.5, 0.6) is 0 Å². The number of likely N-dealkylation sites (tertiary alicyclic amines) is 1. The van der Waals surface area contributed by atoms with Crippen LogP contribution in [0.2, 0.25) is 0 Å². The van der Waals surface area contributed by atoms with Crippen LogP contribution >= 0.6 is 0 Å². The van der Waals surface area contributed by atoms with Gasteiger partial charge in [-0.25, -0.2) is 0 Å². The Morgan fingerprint density at radius 2 is 2.18 bits per heavy atom. The van der Waals surface area contributed by atoms with E-state index in [2.05, 4.69) is 23.2 Å². The standard InChI is InChI=1S/C14H25N3/c1-4-13-12-8-16-7-11(12)9-17(13)6-5-14(2,3)10-15/h11-13,16H,4-9H2,1-3H3. The summed E-state index contributed by atoms with van der Waals surface area (Å²) in [6.07, 6.45) is 2.24. The van der Waals surface area contributed by atoms with Gasteiger partial charge in [-0.15, -0.1) is 0 Å². The second-order valence-electron chi connectivity index (χ2n) is 6.30. The molecular weight excluding hydrogens is 210 g/mol. The third-order valence-corrected chi connectivity index (χ3v) is 4.57. The molecule has 1 N–H and O–H groups in total. The third kappa shape index (κ3) is 2.64. The van der Waals surface area contributed by atoms with E-state index >= 15 is 0 Å². The van der Waals surface area contributed by atoms with E-state index < -0.39 is 0 Å². The number of fused-ring (bicyclic) bond motifs is 1. The Balaban J connectivity index is 1.92. The average molecular weight is 235 g/mol. The maximum atomic E-state index is 9.07. The lowest BCUT2D eigenvalue weighted by Crippen LogP contribution is -2.37. The van der Waals surface area contributed by atoms with Crippen molar-refractivity contribution in [2.45, 2.75) is 39.7 Å². The summed E-state index contributed by atoms with van der Waals surface area (Å²) in [5, 5.41) is 12.6. The lowest BCUT2D eigenvalue weighted by Gasteiger charge is -2.28. The maximum absolute atomic E-state index is 9.07. The minimum absolute atomic E-state index is 0.172. The highest BCUT2D eigenvalue weighted by atomic mass is 15.2. The molecule has 0 aromatic carbocycles. The van der Waals surface area contributed by atoms with Gasteiger partial charge < -0.3 is 5.32 Å². The van der Waals surface area contributed by atoms with Crippen LogP contribution in [0.1, 0.15) is 33.6 Å². The highest BCUT2D eigenvalue weighted by molar-refractivity contribution is 4.99. The number of hydrogen-bond acceptors (Lipinski definition) is 3. The Morgan fingerprint density at radius 1 is 1.41 bits per heavy atom. The molecule has 17 heavy (non-hydrogen) atoms. The Kier molecular flexibility index (Phi) is 3.75. The maximum Gasteiger partial charge on any atom is 0.0684 e. The number of nitrogens with one attached hydrogen (secondary N) is 1. The van der Waals surface area contributed by atoms with E-state index in [0.29, 0.717) is 0 Å². The van der Waals surface area contributed by atoms with E-state index in [4.69, 9.17) is 5.26 Å². The molecule has 0 aliphatic carbocycles. The minimum Gasteiger partial charge on any atom is -0.316 e. The van der Waals surface area contributed by atoms with Gasteiger partial charge in [-0.05, 0) is 58.2 Å². The van der Waals surface area contributed by atoms with E-state index in [1.165, 1.54) is 26.1 Å². The highest BCUT2D eigenvalue weighted by Gasteiger charge is 2.43. The predicted molar refractivity (Wildman–Crippen MR) is 69.5 cm³/mol. The van der Waals surface area contributed by atoms with Crippen LogP contribution in [0, 0.1) is 28.6 Å². The highest BCUT2D eigenvalue weighted by Crippen LogP contribution is 2.35. The zero-order valence-electron chi connectivity index (χ0n) is 11.4. The van der Waals surface area contributed by atoms with Crippen LogP contribution in [-0.4, -0.2) is 37.1 Å². The molecule has 2 aliphatic heterocycles. The van der Waals surface area contributed by atoms with Crippen molar-refractivity contribution in [1.29, 1.82) is 5.26 Å². The van der Waals surface area contributed by atoms with E-state index in [1.54, 1.807) is 0 Å². The first-order valence-electron chi connectivity index (χ1n) is 6.93. The van der Waals surface area contributed by atoms with E-state index in [-0.39, 0.29) is 5.41 Å². The summed E-state index contributed by atoms with van der Waals surface area (Å²) in [6, 6.07) is 3.15. The van der Waals surface area contributed by atoms with Gasteiger partial charge in [0.2, 0.25) is 0 Å². The monoisotopic (exact) mass is 235 g/mol. The van der Waals surface area contributed by atoms with Gasteiger partial charge in [0.1, 0.15) is 0 Å². The molecule has 2 rings (SSSR count). The third-order valence-electron chi connectivity index (χ3n) is 4.57. The van der Waals surface area contributed by atoms with Crippen molar-refractivity contribution in [1.82, 2.24) is 10.2 Å². The first-order valence-corrected chi connectivity index (χ1v) is 6.93. The molecule has 2 saturated heterocycles. The minimum atomic E-state index is -0.172. The van der Waals surface area contributed by atoms with Crippen LogP contribution in [-0.2, 0) is 0 Å². The second kappa shape index (κ2) is 4.96. The molecular formula is C14H25N3. The summed E-state index contributed by atoms with van der Waals surface area (Å²) < 4.78 is 0. The molecule has 0 amide bonds. The van der Waals surface area contributed by atoms with Gasteiger partial charge in [0.05, 0.1) is 11.5 Å².